The summed E-state index contributed by atoms with van der Waals surface area (Å²) in [5.41, 5.74) is 2.04. The number of hydrogen-bond donors (Lipinski definition) is 0. The van der Waals surface area contributed by atoms with Crippen LogP contribution in [-0.4, -0.2) is 27.6 Å². The predicted octanol–water partition coefficient (Wildman–Crippen LogP) is 3.98. The van der Waals surface area contributed by atoms with E-state index in [1.807, 2.05) is 38.4 Å². The number of nitrogens with zero attached hydrogens (tertiary/aromatic N) is 1. The lowest BCUT2D eigenvalue weighted by Crippen LogP contribution is -2.42. The summed E-state index contributed by atoms with van der Waals surface area (Å²) in [5, 5.41) is 0.431. The molecular weight excluding hydrogens is 238 g/mol. The van der Waals surface area contributed by atoms with Gasteiger partial charge in [0.05, 0.1) is 0 Å². The molecule has 0 bridgehead atoms. The van der Waals surface area contributed by atoms with Crippen molar-refractivity contribution in [2.75, 3.05) is 19.0 Å². The fraction of sp³-hybridized carbons (Fsp3) is 0.533. The van der Waals surface area contributed by atoms with E-state index in [0.29, 0.717) is 5.41 Å². The van der Waals surface area contributed by atoms with Crippen LogP contribution in [-0.2, 0) is 0 Å². The number of benzene rings is 1. The van der Waals surface area contributed by atoms with Crippen LogP contribution in [0.15, 0.2) is 24.3 Å². The van der Waals surface area contributed by atoms with Crippen LogP contribution < -0.4 is 4.90 Å². The molecule has 0 heterocycles. The van der Waals surface area contributed by atoms with Gasteiger partial charge < -0.3 is 9.69 Å². The third-order valence-electron chi connectivity index (χ3n) is 4.16. The molecule has 0 radical (unpaired) electrons. The lowest BCUT2D eigenvalue weighted by Gasteiger charge is -2.26. The molecule has 3 heteroatoms. The Morgan fingerprint density at radius 2 is 1.44 bits per heavy atom. The summed E-state index contributed by atoms with van der Waals surface area (Å²) < 4.78 is 0. The standard InChI is InChI=1S/C15H25NOSi/c1-6-18(7-2,8-3)15(17)13-9-11-14(12-10-13)16(4)5/h9-12H,6-8H2,1-5H3. The van der Waals surface area contributed by atoms with Gasteiger partial charge in [-0.1, -0.05) is 38.9 Å². The van der Waals surface area contributed by atoms with E-state index in [4.69, 9.17) is 0 Å². The van der Waals surface area contributed by atoms with Crippen molar-refractivity contribution in [1.29, 1.82) is 0 Å². The Labute approximate surface area is 112 Å². The highest BCUT2D eigenvalue weighted by Crippen LogP contribution is 2.25. The first-order valence-electron chi connectivity index (χ1n) is 6.83. The van der Waals surface area contributed by atoms with Crippen molar-refractivity contribution >= 4 is 19.2 Å². The van der Waals surface area contributed by atoms with Crippen LogP contribution in [0.3, 0.4) is 0 Å². The summed E-state index contributed by atoms with van der Waals surface area (Å²) in [6, 6.07) is 11.2. The SMILES string of the molecule is CC[Si](CC)(CC)C(=O)c1ccc(N(C)C)cc1. The van der Waals surface area contributed by atoms with Crippen LogP contribution in [0, 0.1) is 0 Å². The molecule has 1 aromatic carbocycles. The number of anilines is 1. The topological polar surface area (TPSA) is 20.3 Å². The van der Waals surface area contributed by atoms with E-state index in [2.05, 4.69) is 25.7 Å². The van der Waals surface area contributed by atoms with E-state index in [1.165, 1.54) is 0 Å². The molecule has 100 valence electrons. The highest BCUT2D eigenvalue weighted by molar-refractivity contribution is 7.07. The quantitative estimate of drug-likeness (QED) is 0.723. The van der Waals surface area contributed by atoms with Crippen LogP contribution in [0.4, 0.5) is 5.69 Å². The highest BCUT2D eigenvalue weighted by atomic mass is 28.3. The Hall–Kier alpha value is -1.09. The zero-order valence-corrected chi connectivity index (χ0v) is 13.3. The summed E-state index contributed by atoms with van der Waals surface area (Å²) in [6.45, 7) is 6.52. The summed E-state index contributed by atoms with van der Waals surface area (Å²) in [4.78, 5) is 14.7. The largest absolute Gasteiger partial charge is 0.378 e. The van der Waals surface area contributed by atoms with Gasteiger partial charge in [0, 0.05) is 25.3 Å². The fourth-order valence-corrected chi connectivity index (χ4v) is 5.69. The molecule has 0 aliphatic rings. The molecule has 0 N–H and O–H groups in total. The van der Waals surface area contributed by atoms with E-state index < -0.39 is 8.07 Å². The summed E-state index contributed by atoms with van der Waals surface area (Å²) in [5.74, 6) is 0. The molecule has 0 atom stereocenters. The molecule has 0 amide bonds. The van der Waals surface area contributed by atoms with Gasteiger partial charge in [-0.2, -0.15) is 0 Å². The van der Waals surface area contributed by atoms with Gasteiger partial charge in [-0.15, -0.1) is 0 Å². The second-order valence-corrected chi connectivity index (χ2v) is 10.2. The molecule has 0 saturated carbocycles. The average Bonchev–Trinajstić information content (AvgIpc) is 2.41. The van der Waals surface area contributed by atoms with E-state index in [1.54, 1.807) is 0 Å². The van der Waals surface area contributed by atoms with Crippen molar-refractivity contribution in [2.45, 2.75) is 38.9 Å². The minimum absolute atomic E-state index is 0.431. The van der Waals surface area contributed by atoms with Gasteiger partial charge in [-0.3, -0.25) is 0 Å². The smallest absolute Gasteiger partial charge is 0.140 e. The van der Waals surface area contributed by atoms with E-state index in [9.17, 15) is 4.79 Å². The van der Waals surface area contributed by atoms with Gasteiger partial charge in [0.2, 0.25) is 0 Å². The van der Waals surface area contributed by atoms with Crippen LogP contribution in [0.5, 0.6) is 0 Å². The monoisotopic (exact) mass is 263 g/mol. The molecule has 0 aliphatic heterocycles. The number of carbonyl (C=O) groups excluding carboxylic acids is 1. The Bertz CT molecular complexity index is 385. The lowest BCUT2D eigenvalue weighted by molar-refractivity contribution is 0.106. The number of hydrogen-bond acceptors (Lipinski definition) is 2. The van der Waals surface area contributed by atoms with Crippen LogP contribution in [0.2, 0.25) is 18.1 Å². The van der Waals surface area contributed by atoms with Crippen LogP contribution in [0.1, 0.15) is 31.1 Å². The van der Waals surface area contributed by atoms with Crippen molar-refractivity contribution in [2.24, 2.45) is 0 Å². The maximum atomic E-state index is 12.7. The fourth-order valence-electron chi connectivity index (χ4n) is 2.45. The molecule has 0 saturated heterocycles. The molecule has 2 nitrogen and oxygen atoms in total. The molecule has 1 rings (SSSR count). The Morgan fingerprint density at radius 3 is 1.78 bits per heavy atom. The first-order valence-corrected chi connectivity index (χ1v) is 9.45. The molecule has 1 aromatic rings. The molecule has 0 spiro atoms. The van der Waals surface area contributed by atoms with Gasteiger partial charge >= 0.3 is 0 Å². The van der Waals surface area contributed by atoms with Gasteiger partial charge in [-0.05, 0) is 24.3 Å². The third-order valence-corrected chi connectivity index (χ3v) is 9.47. The number of carbonyl (C=O) groups is 1. The van der Waals surface area contributed by atoms with Crippen molar-refractivity contribution in [3.05, 3.63) is 29.8 Å². The van der Waals surface area contributed by atoms with E-state index in [0.717, 1.165) is 29.4 Å². The van der Waals surface area contributed by atoms with Crippen molar-refractivity contribution in [3.8, 4) is 0 Å². The highest BCUT2D eigenvalue weighted by Gasteiger charge is 2.36. The van der Waals surface area contributed by atoms with Crippen LogP contribution >= 0.6 is 0 Å². The Balaban J connectivity index is 3.03. The zero-order valence-electron chi connectivity index (χ0n) is 12.3. The normalized spacial score (nSPS) is 11.4. The molecule has 18 heavy (non-hydrogen) atoms. The Kier molecular flexibility index (Phi) is 5.14. The average molecular weight is 263 g/mol. The molecule has 0 aromatic heterocycles. The van der Waals surface area contributed by atoms with Gasteiger partial charge in [-0.25, -0.2) is 0 Å². The maximum absolute atomic E-state index is 12.7. The molecule has 0 fully saturated rings. The van der Waals surface area contributed by atoms with E-state index >= 15 is 0 Å². The van der Waals surface area contributed by atoms with Gasteiger partial charge in [0.15, 0.2) is 0 Å². The van der Waals surface area contributed by atoms with Crippen molar-refractivity contribution < 1.29 is 4.79 Å². The summed E-state index contributed by atoms with van der Waals surface area (Å²) in [6.07, 6.45) is 0. The first-order chi connectivity index (χ1) is 8.50. The molecule has 0 aliphatic carbocycles. The van der Waals surface area contributed by atoms with E-state index in [-0.39, 0.29) is 0 Å². The molecular formula is C15H25NOSi. The third kappa shape index (κ3) is 2.83. The minimum atomic E-state index is -1.76. The molecule has 0 unspecified atom stereocenters. The van der Waals surface area contributed by atoms with Crippen LogP contribution in [0.25, 0.3) is 0 Å². The van der Waals surface area contributed by atoms with Gasteiger partial charge in [0.1, 0.15) is 13.5 Å². The summed E-state index contributed by atoms with van der Waals surface area (Å²) in [7, 11) is 2.27. The summed E-state index contributed by atoms with van der Waals surface area (Å²) >= 11 is 0. The van der Waals surface area contributed by atoms with Crippen molar-refractivity contribution in [3.63, 3.8) is 0 Å². The minimum Gasteiger partial charge on any atom is -0.378 e. The van der Waals surface area contributed by atoms with Gasteiger partial charge in [0.25, 0.3) is 0 Å². The van der Waals surface area contributed by atoms with Crippen molar-refractivity contribution in [1.82, 2.24) is 0 Å². The lowest BCUT2D eigenvalue weighted by atomic mass is 10.2. The zero-order chi connectivity index (χ0) is 13.8. The second-order valence-electron chi connectivity index (χ2n) is 5.11. The number of rotatable bonds is 6. The first kappa shape index (κ1) is 15.0. The maximum Gasteiger partial charge on any atom is 0.140 e. The second kappa shape index (κ2) is 6.18. The predicted molar refractivity (Wildman–Crippen MR) is 82.3 cm³/mol. The Morgan fingerprint density at radius 1 is 1.00 bits per heavy atom.